The number of benzene rings is 1. The number of thiazole rings is 1. The van der Waals surface area contributed by atoms with Crippen LogP contribution in [0.25, 0.3) is 4.96 Å². The van der Waals surface area contributed by atoms with Gasteiger partial charge in [-0.25, -0.2) is 4.98 Å². The number of carbonyl (C=O) groups is 1. The van der Waals surface area contributed by atoms with Crippen molar-refractivity contribution in [3.05, 3.63) is 53.3 Å². The molecule has 0 atom stereocenters. The first-order valence-corrected chi connectivity index (χ1v) is 6.98. The molecule has 1 aromatic carbocycles. The Bertz CT molecular complexity index is 719. The highest BCUT2D eigenvalue weighted by Gasteiger charge is 2.11. The molecule has 0 unspecified atom stereocenters. The maximum atomic E-state index is 12.1. The number of fused-ring (bicyclic) bond motifs is 1. The first-order valence-electron chi connectivity index (χ1n) is 6.10. The number of methoxy groups -OCH3 is 1. The Morgan fingerprint density at radius 3 is 3.10 bits per heavy atom. The highest BCUT2D eigenvalue weighted by atomic mass is 32.1. The monoisotopic (exact) mass is 287 g/mol. The maximum absolute atomic E-state index is 12.1. The minimum Gasteiger partial charge on any atom is -0.496 e. The van der Waals surface area contributed by atoms with E-state index in [1.54, 1.807) is 30.6 Å². The molecule has 2 heterocycles. The van der Waals surface area contributed by atoms with Crippen molar-refractivity contribution in [2.24, 2.45) is 0 Å². The van der Waals surface area contributed by atoms with Crippen molar-refractivity contribution in [3.63, 3.8) is 0 Å². The Labute approximate surface area is 119 Å². The van der Waals surface area contributed by atoms with Crippen LogP contribution in [0.5, 0.6) is 5.75 Å². The lowest BCUT2D eigenvalue weighted by Crippen LogP contribution is -2.23. The molecule has 3 rings (SSSR count). The molecular formula is C14H13N3O2S. The third-order valence-electron chi connectivity index (χ3n) is 2.92. The predicted molar refractivity (Wildman–Crippen MR) is 77.2 cm³/mol. The van der Waals surface area contributed by atoms with Gasteiger partial charge >= 0.3 is 0 Å². The molecule has 0 bridgehead atoms. The first-order chi connectivity index (χ1) is 9.78. The summed E-state index contributed by atoms with van der Waals surface area (Å²) in [6.45, 7) is 0.394. The van der Waals surface area contributed by atoms with Crippen molar-refractivity contribution in [2.75, 3.05) is 7.11 Å². The number of hydrogen-bond acceptors (Lipinski definition) is 4. The molecule has 0 radical (unpaired) electrons. The molecule has 1 N–H and O–H groups in total. The van der Waals surface area contributed by atoms with Crippen LogP contribution < -0.4 is 10.1 Å². The van der Waals surface area contributed by atoms with Gasteiger partial charge in [-0.05, 0) is 12.1 Å². The van der Waals surface area contributed by atoms with Crippen LogP contribution in [0.1, 0.15) is 16.1 Å². The summed E-state index contributed by atoms with van der Waals surface area (Å²) in [7, 11) is 1.55. The SMILES string of the molecule is COc1ccccc1C(=O)NCc1cn2ccsc2n1. The van der Waals surface area contributed by atoms with E-state index < -0.39 is 0 Å². The van der Waals surface area contributed by atoms with E-state index >= 15 is 0 Å². The Hall–Kier alpha value is -2.34. The van der Waals surface area contributed by atoms with E-state index in [1.807, 2.05) is 34.3 Å². The van der Waals surface area contributed by atoms with Crippen LogP contribution in [0.4, 0.5) is 0 Å². The van der Waals surface area contributed by atoms with E-state index in [-0.39, 0.29) is 5.91 Å². The fourth-order valence-corrected chi connectivity index (χ4v) is 2.68. The third kappa shape index (κ3) is 2.37. The number of rotatable bonds is 4. The van der Waals surface area contributed by atoms with Crippen molar-refractivity contribution in [3.8, 4) is 5.75 Å². The summed E-state index contributed by atoms with van der Waals surface area (Å²) in [4.78, 5) is 17.5. The van der Waals surface area contributed by atoms with Gasteiger partial charge in [-0.1, -0.05) is 12.1 Å². The van der Waals surface area contributed by atoms with Crippen molar-refractivity contribution in [1.29, 1.82) is 0 Å². The molecule has 0 saturated carbocycles. The van der Waals surface area contributed by atoms with E-state index in [1.165, 1.54) is 0 Å². The summed E-state index contributed by atoms with van der Waals surface area (Å²) < 4.78 is 7.11. The number of hydrogen-bond donors (Lipinski definition) is 1. The number of imidazole rings is 1. The molecule has 5 nitrogen and oxygen atoms in total. The van der Waals surface area contributed by atoms with Crippen molar-refractivity contribution in [1.82, 2.24) is 14.7 Å². The van der Waals surface area contributed by atoms with E-state index in [0.29, 0.717) is 17.9 Å². The summed E-state index contributed by atoms with van der Waals surface area (Å²) in [6, 6.07) is 7.14. The zero-order valence-electron chi connectivity index (χ0n) is 10.9. The number of carbonyl (C=O) groups excluding carboxylic acids is 1. The molecule has 1 amide bonds. The standard InChI is InChI=1S/C14H13N3O2S/c1-19-12-5-3-2-4-11(12)13(18)15-8-10-9-17-6-7-20-14(17)16-10/h2-7,9H,8H2,1H3,(H,15,18). The van der Waals surface area contributed by atoms with Crippen LogP contribution in [-0.4, -0.2) is 22.4 Å². The van der Waals surface area contributed by atoms with Crippen LogP contribution in [0.3, 0.4) is 0 Å². The minimum atomic E-state index is -0.168. The zero-order valence-corrected chi connectivity index (χ0v) is 11.7. The highest BCUT2D eigenvalue weighted by Crippen LogP contribution is 2.17. The maximum Gasteiger partial charge on any atom is 0.255 e. The number of ether oxygens (including phenoxy) is 1. The number of para-hydroxylation sites is 1. The fraction of sp³-hybridized carbons (Fsp3) is 0.143. The van der Waals surface area contributed by atoms with Crippen LogP contribution in [0, 0.1) is 0 Å². The second-order valence-electron chi connectivity index (χ2n) is 4.21. The van der Waals surface area contributed by atoms with Gasteiger partial charge in [-0.15, -0.1) is 11.3 Å². The molecule has 6 heteroatoms. The van der Waals surface area contributed by atoms with Gasteiger partial charge in [0, 0.05) is 17.8 Å². The Kier molecular flexibility index (Phi) is 3.39. The average Bonchev–Trinajstić information content (AvgIpc) is 3.05. The zero-order chi connectivity index (χ0) is 13.9. The van der Waals surface area contributed by atoms with Crippen LogP contribution in [-0.2, 0) is 6.54 Å². The summed E-state index contributed by atoms with van der Waals surface area (Å²) in [5, 5.41) is 4.82. The summed E-state index contributed by atoms with van der Waals surface area (Å²) >= 11 is 1.56. The number of nitrogens with one attached hydrogen (secondary N) is 1. The third-order valence-corrected chi connectivity index (χ3v) is 3.70. The second-order valence-corrected chi connectivity index (χ2v) is 5.08. The molecule has 0 fully saturated rings. The molecule has 0 aliphatic heterocycles. The number of amides is 1. The first kappa shape index (κ1) is 12.7. The average molecular weight is 287 g/mol. The van der Waals surface area contributed by atoms with Gasteiger partial charge in [0.1, 0.15) is 5.75 Å². The van der Waals surface area contributed by atoms with Gasteiger partial charge < -0.3 is 10.1 Å². The topological polar surface area (TPSA) is 55.6 Å². The summed E-state index contributed by atoms with van der Waals surface area (Å²) in [5.41, 5.74) is 1.36. The molecule has 0 aliphatic rings. The molecule has 3 aromatic rings. The molecule has 2 aromatic heterocycles. The van der Waals surface area contributed by atoms with Gasteiger partial charge in [0.25, 0.3) is 5.91 Å². The van der Waals surface area contributed by atoms with Gasteiger partial charge in [0.15, 0.2) is 4.96 Å². The molecule has 102 valence electrons. The smallest absolute Gasteiger partial charge is 0.255 e. The van der Waals surface area contributed by atoms with Crippen molar-refractivity contribution >= 4 is 22.2 Å². The largest absolute Gasteiger partial charge is 0.496 e. The summed E-state index contributed by atoms with van der Waals surface area (Å²) in [5.74, 6) is 0.398. The second kappa shape index (κ2) is 5.34. The lowest BCUT2D eigenvalue weighted by atomic mass is 10.2. The van der Waals surface area contributed by atoms with E-state index in [2.05, 4.69) is 10.3 Å². The van der Waals surface area contributed by atoms with Crippen LogP contribution in [0.15, 0.2) is 42.0 Å². The Morgan fingerprint density at radius 2 is 2.30 bits per heavy atom. The summed E-state index contributed by atoms with van der Waals surface area (Å²) in [6.07, 6.45) is 3.85. The quantitative estimate of drug-likeness (QED) is 0.801. The minimum absolute atomic E-state index is 0.168. The van der Waals surface area contributed by atoms with Crippen molar-refractivity contribution in [2.45, 2.75) is 6.54 Å². The Balaban J connectivity index is 1.71. The van der Waals surface area contributed by atoms with Crippen LogP contribution >= 0.6 is 11.3 Å². The number of aromatic nitrogens is 2. The predicted octanol–water partition coefficient (Wildman–Crippen LogP) is 2.33. The molecular weight excluding hydrogens is 274 g/mol. The van der Waals surface area contributed by atoms with Crippen molar-refractivity contribution < 1.29 is 9.53 Å². The normalized spacial score (nSPS) is 10.7. The lowest BCUT2D eigenvalue weighted by molar-refractivity contribution is 0.0947. The lowest BCUT2D eigenvalue weighted by Gasteiger charge is -2.07. The molecule has 0 aliphatic carbocycles. The fourth-order valence-electron chi connectivity index (χ4n) is 1.96. The van der Waals surface area contributed by atoms with Gasteiger partial charge in [0.2, 0.25) is 0 Å². The van der Waals surface area contributed by atoms with Gasteiger partial charge in [-0.2, -0.15) is 0 Å². The van der Waals surface area contributed by atoms with Gasteiger partial charge in [-0.3, -0.25) is 9.20 Å². The number of nitrogens with zero attached hydrogens (tertiary/aromatic N) is 2. The van der Waals surface area contributed by atoms with Gasteiger partial charge in [0.05, 0.1) is 24.9 Å². The Morgan fingerprint density at radius 1 is 1.45 bits per heavy atom. The van der Waals surface area contributed by atoms with E-state index in [0.717, 1.165) is 10.7 Å². The molecule has 0 saturated heterocycles. The molecule has 20 heavy (non-hydrogen) atoms. The molecule has 0 spiro atoms. The van der Waals surface area contributed by atoms with E-state index in [9.17, 15) is 4.79 Å². The van der Waals surface area contributed by atoms with Crippen LogP contribution in [0.2, 0.25) is 0 Å². The van der Waals surface area contributed by atoms with E-state index in [4.69, 9.17) is 4.74 Å². The highest BCUT2D eigenvalue weighted by molar-refractivity contribution is 7.15.